The van der Waals surface area contributed by atoms with Crippen molar-refractivity contribution in [2.75, 3.05) is 0 Å². The van der Waals surface area contributed by atoms with Gasteiger partial charge in [0.25, 0.3) is 0 Å². The number of carbonyl (C=O) groups is 1. The second-order valence-corrected chi connectivity index (χ2v) is 2.59. The Morgan fingerprint density at radius 3 is 2.71 bits per heavy atom. The summed E-state index contributed by atoms with van der Waals surface area (Å²) in [5.74, 6) is 0.0416. The van der Waals surface area contributed by atoms with Crippen molar-refractivity contribution in [2.45, 2.75) is 20.8 Å². The summed E-state index contributed by atoms with van der Waals surface area (Å²) in [6.07, 6.45) is 1.37. The minimum atomic E-state index is 0.0416. The molecule has 1 aromatic heterocycles. The molecule has 0 atom stereocenters. The van der Waals surface area contributed by atoms with Gasteiger partial charge in [0.2, 0.25) is 0 Å². The molecule has 0 fully saturated rings. The van der Waals surface area contributed by atoms with Gasteiger partial charge < -0.3 is 4.42 Å². The maximum absolute atomic E-state index is 11.0. The summed E-state index contributed by atoms with van der Waals surface area (Å²) in [7, 11) is 0. The zero-order valence-electron chi connectivity index (χ0n) is 8.57. The standard InChI is InChI=1S/C9H7NO2.C2H6/c1-6(11)7-2-3-9-8(4-7)10-5-12-9;1-2/h2-5H,1H3;1-2H3. The van der Waals surface area contributed by atoms with Crippen molar-refractivity contribution in [1.82, 2.24) is 4.98 Å². The Kier molecular flexibility index (Phi) is 3.40. The maximum Gasteiger partial charge on any atom is 0.181 e. The van der Waals surface area contributed by atoms with Crippen LogP contribution in [0.1, 0.15) is 31.1 Å². The number of benzene rings is 1. The fourth-order valence-electron chi connectivity index (χ4n) is 1.08. The van der Waals surface area contributed by atoms with Gasteiger partial charge in [-0.25, -0.2) is 4.98 Å². The molecule has 14 heavy (non-hydrogen) atoms. The molecule has 0 bridgehead atoms. The number of fused-ring (bicyclic) bond motifs is 1. The first kappa shape index (κ1) is 10.4. The first-order valence-corrected chi connectivity index (χ1v) is 4.61. The maximum atomic E-state index is 11.0. The van der Waals surface area contributed by atoms with E-state index in [2.05, 4.69) is 4.98 Å². The summed E-state index contributed by atoms with van der Waals surface area (Å²) >= 11 is 0. The molecule has 0 unspecified atom stereocenters. The number of aromatic nitrogens is 1. The Bertz CT molecular complexity index is 432. The number of hydrogen-bond acceptors (Lipinski definition) is 3. The van der Waals surface area contributed by atoms with E-state index in [1.54, 1.807) is 18.2 Å². The van der Waals surface area contributed by atoms with Gasteiger partial charge in [0.05, 0.1) is 0 Å². The van der Waals surface area contributed by atoms with Crippen LogP contribution in [0.5, 0.6) is 0 Å². The van der Waals surface area contributed by atoms with Gasteiger partial charge in [0.1, 0.15) is 5.52 Å². The van der Waals surface area contributed by atoms with Crippen molar-refractivity contribution in [1.29, 1.82) is 0 Å². The van der Waals surface area contributed by atoms with Gasteiger partial charge in [0.15, 0.2) is 17.8 Å². The number of ketones is 1. The van der Waals surface area contributed by atoms with Gasteiger partial charge >= 0.3 is 0 Å². The van der Waals surface area contributed by atoms with E-state index in [9.17, 15) is 4.79 Å². The van der Waals surface area contributed by atoms with E-state index in [0.29, 0.717) is 11.1 Å². The molecule has 2 aromatic rings. The van der Waals surface area contributed by atoms with Crippen molar-refractivity contribution in [3.63, 3.8) is 0 Å². The van der Waals surface area contributed by atoms with Gasteiger partial charge in [-0.05, 0) is 25.1 Å². The highest BCUT2D eigenvalue weighted by Gasteiger charge is 2.02. The first-order chi connectivity index (χ1) is 6.77. The van der Waals surface area contributed by atoms with Crippen molar-refractivity contribution in [3.8, 4) is 0 Å². The topological polar surface area (TPSA) is 43.1 Å². The Labute approximate surface area is 82.8 Å². The van der Waals surface area contributed by atoms with E-state index in [-0.39, 0.29) is 5.78 Å². The monoisotopic (exact) mass is 191 g/mol. The SMILES string of the molecule is CC.CC(=O)c1ccc2ocnc2c1. The molecule has 0 aliphatic heterocycles. The van der Waals surface area contributed by atoms with Gasteiger partial charge in [-0.15, -0.1) is 0 Å². The Morgan fingerprint density at radius 2 is 2.07 bits per heavy atom. The molecule has 0 saturated carbocycles. The Hall–Kier alpha value is -1.64. The van der Waals surface area contributed by atoms with Gasteiger partial charge in [-0.1, -0.05) is 13.8 Å². The molecule has 3 nitrogen and oxygen atoms in total. The molecule has 2 rings (SSSR count). The number of Topliss-reactive ketones (excluding diaryl/α,β-unsaturated/α-hetero) is 1. The third-order valence-corrected chi connectivity index (χ3v) is 1.74. The number of nitrogens with zero attached hydrogens (tertiary/aromatic N) is 1. The summed E-state index contributed by atoms with van der Waals surface area (Å²) < 4.78 is 5.03. The molecule has 0 saturated heterocycles. The second kappa shape index (κ2) is 4.56. The van der Waals surface area contributed by atoms with Crippen LogP contribution in [-0.2, 0) is 0 Å². The van der Waals surface area contributed by atoms with Crippen LogP contribution in [0.2, 0.25) is 0 Å². The van der Waals surface area contributed by atoms with E-state index in [1.165, 1.54) is 13.3 Å². The predicted octanol–water partition coefficient (Wildman–Crippen LogP) is 3.06. The average molecular weight is 191 g/mol. The van der Waals surface area contributed by atoms with Crippen molar-refractivity contribution in [2.24, 2.45) is 0 Å². The molecule has 1 heterocycles. The largest absolute Gasteiger partial charge is 0.443 e. The fraction of sp³-hybridized carbons (Fsp3) is 0.273. The third kappa shape index (κ3) is 1.99. The lowest BCUT2D eigenvalue weighted by Crippen LogP contribution is -1.90. The van der Waals surface area contributed by atoms with Crippen LogP contribution in [0.15, 0.2) is 29.0 Å². The minimum Gasteiger partial charge on any atom is -0.443 e. The fourth-order valence-corrected chi connectivity index (χ4v) is 1.08. The minimum absolute atomic E-state index is 0.0416. The lowest BCUT2D eigenvalue weighted by molar-refractivity contribution is 0.101. The Balaban J connectivity index is 0.000000461. The summed E-state index contributed by atoms with van der Waals surface area (Å²) in [6, 6.07) is 5.20. The van der Waals surface area contributed by atoms with Gasteiger partial charge in [0, 0.05) is 5.56 Å². The van der Waals surface area contributed by atoms with E-state index in [1.807, 2.05) is 13.8 Å². The smallest absolute Gasteiger partial charge is 0.181 e. The van der Waals surface area contributed by atoms with Crippen LogP contribution in [-0.4, -0.2) is 10.8 Å². The summed E-state index contributed by atoms with van der Waals surface area (Å²) in [5.41, 5.74) is 2.10. The molecular formula is C11H13NO2. The highest BCUT2D eigenvalue weighted by Crippen LogP contribution is 2.14. The molecule has 0 aliphatic rings. The third-order valence-electron chi connectivity index (χ3n) is 1.74. The van der Waals surface area contributed by atoms with Crippen LogP contribution in [0.25, 0.3) is 11.1 Å². The number of hydrogen-bond donors (Lipinski definition) is 0. The zero-order chi connectivity index (χ0) is 10.6. The molecular weight excluding hydrogens is 178 g/mol. The number of carbonyl (C=O) groups excluding carboxylic acids is 1. The van der Waals surface area contributed by atoms with E-state index < -0.39 is 0 Å². The predicted molar refractivity (Wildman–Crippen MR) is 55.4 cm³/mol. The highest BCUT2D eigenvalue weighted by atomic mass is 16.3. The molecule has 1 aromatic carbocycles. The number of oxazole rings is 1. The van der Waals surface area contributed by atoms with Crippen LogP contribution < -0.4 is 0 Å². The molecule has 0 aliphatic carbocycles. The van der Waals surface area contributed by atoms with Crippen LogP contribution in [0, 0.1) is 0 Å². The zero-order valence-corrected chi connectivity index (χ0v) is 8.57. The van der Waals surface area contributed by atoms with Crippen molar-refractivity contribution in [3.05, 3.63) is 30.2 Å². The molecule has 0 radical (unpaired) electrons. The number of rotatable bonds is 1. The first-order valence-electron chi connectivity index (χ1n) is 4.61. The summed E-state index contributed by atoms with van der Waals surface area (Å²) in [5, 5.41) is 0. The Morgan fingerprint density at radius 1 is 1.36 bits per heavy atom. The second-order valence-electron chi connectivity index (χ2n) is 2.59. The lowest BCUT2D eigenvalue weighted by atomic mass is 10.1. The van der Waals surface area contributed by atoms with E-state index >= 15 is 0 Å². The molecule has 74 valence electrons. The quantitative estimate of drug-likeness (QED) is 0.650. The molecule has 3 heteroatoms. The van der Waals surface area contributed by atoms with Crippen LogP contribution in [0.4, 0.5) is 0 Å². The van der Waals surface area contributed by atoms with Gasteiger partial charge in [-0.2, -0.15) is 0 Å². The van der Waals surface area contributed by atoms with Crippen LogP contribution in [0.3, 0.4) is 0 Å². The lowest BCUT2D eigenvalue weighted by Gasteiger charge is -1.92. The van der Waals surface area contributed by atoms with Crippen molar-refractivity contribution >= 4 is 16.9 Å². The average Bonchev–Trinajstić information content (AvgIpc) is 2.67. The van der Waals surface area contributed by atoms with Gasteiger partial charge in [-0.3, -0.25) is 4.79 Å². The van der Waals surface area contributed by atoms with Crippen LogP contribution >= 0.6 is 0 Å². The highest BCUT2D eigenvalue weighted by molar-refractivity contribution is 5.96. The summed E-state index contributed by atoms with van der Waals surface area (Å²) in [4.78, 5) is 14.9. The molecule has 0 N–H and O–H groups in total. The molecule has 0 amide bonds. The normalized spacial score (nSPS) is 9.36. The van der Waals surface area contributed by atoms with E-state index in [0.717, 1.165) is 5.52 Å². The summed E-state index contributed by atoms with van der Waals surface area (Å²) in [6.45, 7) is 5.53. The van der Waals surface area contributed by atoms with E-state index in [4.69, 9.17) is 4.42 Å². The van der Waals surface area contributed by atoms with Crippen molar-refractivity contribution < 1.29 is 9.21 Å². The molecule has 0 spiro atoms.